The van der Waals surface area contributed by atoms with Gasteiger partial charge in [0, 0.05) is 10.7 Å². The standard InChI is InChI=1S/C16H17ClN2O3/c1-10(15(21)11-2-8-14(20)9-3-11)18-16(22)19-13-6-4-12(17)5-7-13/h2-10,15,20-21H,1H3,(H2,18,19,22)/t10-,15+/m0/s1. The van der Waals surface area contributed by atoms with Crippen LogP contribution in [0.4, 0.5) is 10.5 Å². The first-order valence-electron chi connectivity index (χ1n) is 6.76. The van der Waals surface area contributed by atoms with Crippen LogP contribution >= 0.6 is 11.6 Å². The third-order valence-electron chi connectivity index (χ3n) is 3.17. The fourth-order valence-electron chi connectivity index (χ4n) is 1.95. The predicted octanol–water partition coefficient (Wildman–Crippen LogP) is 3.29. The van der Waals surface area contributed by atoms with Crippen molar-refractivity contribution in [3.63, 3.8) is 0 Å². The van der Waals surface area contributed by atoms with E-state index in [9.17, 15) is 15.0 Å². The molecule has 0 fully saturated rings. The number of urea groups is 1. The summed E-state index contributed by atoms with van der Waals surface area (Å²) >= 11 is 5.77. The number of carbonyl (C=O) groups excluding carboxylic acids is 1. The molecular weight excluding hydrogens is 304 g/mol. The number of benzene rings is 2. The number of nitrogens with one attached hydrogen (secondary N) is 2. The molecule has 0 aromatic heterocycles. The summed E-state index contributed by atoms with van der Waals surface area (Å²) in [7, 11) is 0. The number of aromatic hydroxyl groups is 1. The van der Waals surface area contributed by atoms with Crippen LogP contribution in [-0.4, -0.2) is 22.3 Å². The highest BCUT2D eigenvalue weighted by Crippen LogP contribution is 2.20. The molecule has 0 bridgehead atoms. The Hall–Kier alpha value is -2.24. The summed E-state index contributed by atoms with van der Waals surface area (Å²) in [6.45, 7) is 1.69. The van der Waals surface area contributed by atoms with Gasteiger partial charge in [-0.25, -0.2) is 4.79 Å². The van der Waals surface area contributed by atoms with Crippen molar-refractivity contribution in [2.45, 2.75) is 19.1 Å². The minimum absolute atomic E-state index is 0.122. The molecule has 6 heteroatoms. The van der Waals surface area contributed by atoms with Crippen molar-refractivity contribution in [2.75, 3.05) is 5.32 Å². The molecule has 22 heavy (non-hydrogen) atoms. The third-order valence-corrected chi connectivity index (χ3v) is 3.42. The number of aliphatic hydroxyl groups is 1. The van der Waals surface area contributed by atoms with E-state index in [1.807, 2.05) is 0 Å². The third kappa shape index (κ3) is 4.38. The van der Waals surface area contributed by atoms with E-state index in [4.69, 9.17) is 11.6 Å². The van der Waals surface area contributed by atoms with Crippen LogP contribution in [-0.2, 0) is 0 Å². The van der Waals surface area contributed by atoms with E-state index in [2.05, 4.69) is 10.6 Å². The highest BCUT2D eigenvalue weighted by atomic mass is 35.5. The Morgan fingerprint density at radius 3 is 2.27 bits per heavy atom. The van der Waals surface area contributed by atoms with E-state index >= 15 is 0 Å². The van der Waals surface area contributed by atoms with Crippen molar-refractivity contribution in [3.05, 3.63) is 59.1 Å². The normalized spacial score (nSPS) is 13.2. The quantitative estimate of drug-likeness (QED) is 0.697. The molecule has 2 aromatic carbocycles. The average molecular weight is 321 g/mol. The van der Waals surface area contributed by atoms with Gasteiger partial charge in [-0.2, -0.15) is 0 Å². The van der Waals surface area contributed by atoms with E-state index in [0.29, 0.717) is 16.3 Å². The molecule has 0 heterocycles. The molecule has 5 nitrogen and oxygen atoms in total. The maximum absolute atomic E-state index is 11.9. The summed E-state index contributed by atoms with van der Waals surface area (Å²) < 4.78 is 0. The summed E-state index contributed by atoms with van der Waals surface area (Å²) in [5.74, 6) is 0.122. The fourth-order valence-corrected chi connectivity index (χ4v) is 2.07. The smallest absolute Gasteiger partial charge is 0.319 e. The summed E-state index contributed by atoms with van der Waals surface area (Å²) in [5.41, 5.74) is 1.21. The fraction of sp³-hybridized carbons (Fsp3) is 0.188. The Labute approximate surface area is 133 Å². The van der Waals surface area contributed by atoms with Crippen LogP contribution in [0.5, 0.6) is 5.75 Å². The highest BCUT2D eigenvalue weighted by Gasteiger charge is 2.18. The number of amides is 2. The molecule has 2 aromatic rings. The van der Waals surface area contributed by atoms with E-state index < -0.39 is 18.2 Å². The molecule has 0 spiro atoms. The van der Waals surface area contributed by atoms with Crippen LogP contribution in [0.25, 0.3) is 0 Å². The lowest BCUT2D eigenvalue weighted by atomic mass is 10.0. The van der Waals surface area contributed by atoms with Crippen molar-refractivity contribution in [3.8, 4) is 5.75 Å². The van der Waals surface area contributed by atoms with Gasteiger partial charge < -0.3 is 20.8 Å². The topological polar surface area (TPSA) is 81.6 Å². The van der Waals surface area contributed by atoms with E-state index in [1.54, 1.807) is 43.3 Å². The van der Waals surface area contributed by atoms with Gasteiger partial charge in [0.15, 0.2) is 0 Å². The number of anilines is 1. The molecule has 2 amide bonds. The minimum Gasteiger partial charge on any atom is -0.508 e. The van der Waals surface area contributed by atoms with Gasteiger partial charge in [-0.15, -0.1) is 0 Å². The Balaban J connectivity index is 1.92. The van der Waals surface area contributed by atoms with E-state index in [0.717, 1.165) is 0 Å². The largest absolute Gasteiger partial charge is 0.508 e. The monoisotopic (exact) mass is 320 g/mol. The van der Waals surface area contributed by atoms with Gasteiger partial charge >= 0.3 is 6.03 Å². The van der Waals surface area contributed by atoms with Crippen LogP contribution in [0, 0.1) is 0 Å². The second-order valence-electron chi connectivity index (χ2n) is 4.93. The molecule has 4 N–H and O–H groups in total. The number of carbonyl (C=O) groups is 1. The number of phenolic OH excluding ortho intramolecular Hbond substituents is 1. The molecular formula is C16H17ClN2O3. The first kappa shape index (κ1) is 16.1. The van der Waals surface area contributed by atoms with Crippen LogP contribution in [0.3, 0.4) is 0 Å². The van der Waals surface area contributed by atoms with Crippen molar-refractivity contribution < 1.29 is 15.0 Å². The highest BCUT2D eigenvalue weighted by molar-refractivity contribution is 6.30. The number of halogens is 1. The van der Waals surface area contributed by atoms with Crippen LogP contribution < -0.4 is 10.6 Å². The molecule has 0 aliphatic heterocycles. The molecule has 0 aliphatic rings. The lowest BCUT2D eigenvalue weighted by molar-refractivity contribution is 0.139. The summed E-state index contributed by atoms with van der Waals surface area (Å²) in [5, 5.41) is 25.3. The molecule has 0 unspecified atom stereocenters. The number of aliphatic hydroxyl groups excluding tert-OH is 1. The Morgan fingerprint density at radius 1 is 1.09 bits per heavy atom. The van der Waals surface area contributed by atoms with Crippen LogP contribution in [0.15, 0.2) is 48.5 Å². The van der Waals surface area contributed by atoms with Crippen molar-refractivity contribution >= 4 is 23.3 Å². The predicted molar refractivity (Wildman–Crippen MR) is 86.1 cm³/mol. The van der Waals surface area contributed by atoms with Gasteiger partial charge in [0.1, 0.15) is 5.75 Å². The number of rotatable bonds is 4. The Kier molecular flexibility index (Phi) is 5.25. The van der Waals surface area contributed by atoms with Gasteiger partial charge in [0.2, 0.25) is 0 Å². The van der Waals surface area contributed by atoms with Crippen LogP contribution in [0.2, 0.25) is 5.02 Å². The zero-order chi connectivity index (χ0) is 16.1. The van der Waals surface area contributed by atoms with Gasteiger partial charge in [0.05, 0.1) is 12.1 Å². The van der Waals surface area contributed by atoms with Crippen molar-refractivity contribution in [2.24, 2.45) is 0 Å². The molecule has 0 aliphatic carbocycles. The minimum atomic E-state index is -0.878. The molecule has 2 rings (SSSR count). The first-order chi connectivity index (χ1) is 10.5. The first-order valence-corrected chi connectivity index (χ1v) is 7.13. The summed E-state index contributed by atoms with van der Waals surface area (Å²) in [6.07, 6.45) is -0.878. The number of phenols is 1. The second-order valence-corrected chi connectivity index (χ2v) is 5.37. The number of hydrogen-bond acceptors (Lipinski definition) is 3. The summed E-state index contributed by atoms with van der Waals surface area (Å²) in [4.78, 5) is 11.9. The van der Waals surface area contributed by atoms with Crippen molar-refractivity contribution in [1.82, 2.24) is 5.32 Å². The molecule has 0 saturated heterocycles. The number of hydrogen-bond donors (Lipinski definition) is 4. The zero-order valence-electron chi connectivity index (χ0n) is 12.0. The Bertz CT molecular complexity index is 629. The summed E-state index contributed by atoms with van der Waals surface area (Å²) in [6, 6.07) is 12.0. The second kappa shape index (κ2) is 7.15. The molecule has 0 radical (unpaired) electrons. The average Bonchev–Trinajstić information content (AvgIpc) is 2.49. The lowest BCUT2D eigenvalue weighted by Crippen LogP contribution is -2.39. The van der Waals surface area contributed by atoms with Gasteiger partial charge in [0.25, 0.3) is 0 Å². The maximum atomic E-state index is 11.9. The van der Waals surface area contributed by atoms with Gasteiger partial charge in [-0.05, 0) is 48.9 Å². The van der Waals surface area contributed by atoms with E-state index in [1.165, 1.54) is 12.1 Å². The van der Waals surface area contributed by atoms with Gasteiger partial charge in [-0.3, -0.25) is 0 Å². The maximum Gasteiger partial charge on any atom is 0.319 e. The lowest BCUT2D eigenvalue weighted by Gasteiger charge is -2.21. The van der Waals surface area contributed by atoms with E-state index in [-0.39, 0.29) is 5.75 Å². The SMILES string of the molecule is C[C@H](NC(=O)Nc1ccc(Cl)cc1)[C@@H](O)c1ccc(O)cc1. The van der Waals surface area contributed by atoms with Crippen molar-refractivity contribution in [1.29, 1.82) is 0 Å². The Morgan fingerprint density at radius 2 is 1.68 bits per heavy atom. The molecule has 2 atom stereocenters. The molecule has 116 valence electrons. The van der Waals surface area contributed by atoms with Gasteiger partial charge in [-0.1, -0.05) is 23.7 Å². The zero-order valence-corrected chi connectivity index (χ0v) is 12.7. The van der Waals surface area contributed by atoms with Crippen LogP contribution in [0.1, 0.15) is 18.6 Å². The molecule has 0 saturated carbocycles.